The van der Waals surface area contributed by atoms with E-state index in [1.807, 2.05) is 0 Å². The van der Waals surface area contributed by atoms with Gasteiger partial charge in [0.2, 0.25) is 0 Å². The molecule has 1 rings (SSSR count). The third kappa shape index (κ3) is 10.4. The van der Waals surface area contributed by atoms with E-state index in [0.29, 0.717) is 0 Å². The minimum absolute atomic E-state index is 0.235. The molecule has 0 bridgehead atoms. The van der Waals surface area contributed by atoms with Gasteiger partial charge in [-0.25, -0.2) is 0 Å². The van der Waals surface area contributed by atoms with Crippen LogP contribution in [-0.4, -0.2) is 189 Å². The monoisotopic (exact) mass is 496 g/mol. The first-order valence-electron chi connectivity index (χ1n) is 11.3. The Hall–Kier alpha value is -1.46. The van der Waals surface area contributed by atoms with E-state index in [1.165, 1.54) is 0 Å². The Kier molecular flexibility index (Phi) is 14.6. The van der Waals surface area contributed by atoms with Crippen LogP contribution in [0.25, 0.3) is 0 Å². The largest absolute Gasteiger partial charge is 0.480 e. The zero-order chi connectivity index (χ0) is 25.7. The van der Waals surface area contributed by atoms with Crippen LogP contribution in [0.1, 0.15) is 0 Å². The molecule has 0 radical (unpaired) electrons. The van der Waals surface area contributed by atoms with Gasteiger partial charge in [-0.15, -0.1) is 0 Å². The summed E-state index contributed by atoms with van der Waals surface area (Å²) in [6.45, 7) is -0.753. The van der Waals surface area contributed by atoms with E-state index in [0.717, 1.165) is 0 Å². The summed E-state index contributed by atoms with van der Waals surface area (Å²) >= 11 is 0. The van der Waals surface area contributed by atoms with Crippen molar-refractivity contribution in [3.8, 4) is 0 Å². The van der Waals surface area contributed by atoms with Crippen molar-refractivity contribution >= 4 is 11.9 Å². The van der Waals surface area contributed by atoms with Crippen LogP contribution in [0.5, 0.6) is 0 Å². The summed E-state index contributed by atoms with van der Waals surface area (Å²) in [4.78, 5) is 29.4. The van der Waals surface area contributed by atoms with Crippen LogP contribution in [0, 0.1) is 0 Å². The molecular weight excluding hydrogens is 456 g/mol. The fraction of sp³-hybridized carbons (Fsp3) is 0.900. The molecule has 0 spiro atoms. The van der Waals surface area contributed by atoms with Crippen molar-refractivity contribution in [3.05, 3.63) is 0 Å². The number of aliphatic carboxylic acids is 2. The van der Waals surface area contributed by atoms with Crippen molar-refractivity contribution in [3.63, 3.8) is 0 Å². The van der Waals surface area contributed by atoms with E-state index in [4.69, 9.17) is 0 Å². The quantitative estimate of drug-likeness (QED) is 0.127. The minimum Gasteiger partial charge on any atom is -0.480 e. The van der Waals surface area contributed by atoms with E-state index in [9.17, 15) is 50.4 Å². The van der Waals surface area contributed by atoms with Crippen LogP contribution in [0.2, 0.25) is 0 Å². The molecule has 1 aliphatic rings. The van der Waals surface area contributed by atoms with Crippen LogP contribution in [0.15, 0.2) is 0 Å². The van der Waals surface area contributed by atoms with Crippen molar-refractivity contribution in [2.45, 2.75) is 24.3 Å². The van der Waals surface area contributed by atoms with Crippen LogP contribution in [0.3, 0.4) is 0 Å². The maximum absolute atomic E-state index is 11.4. The highest BCUT2D eigenvalue weighted by Crippen LogP contribution is 2.10. The first-order chi connectivity index (χ1) is 16.2. The molecule has 1 heterocycles. The van der Waals surface area contributed by atoms with Crippen LogP contribution in [0.4, 0.5) is 0 Å². The first kappa shape index (κ1) is 30.6. The lowest BCUT2D eigenvalue weighted by Crippen LogP contribution is -2.56. The SMILES string of the molecule is O=C(O)CN1CCN([C@H](CO)[C@H](O)CO)CCN(CC(=O)O)CCN([C@H](CO)[C@H](O)CO)CC1. The van der Waals surface area contributed by atoms with Gasteiger partial charge in [0.25, 0.3) is 0 Å². The molecule has 200 valence electrons. The normalized spacial score (nSPS) is 22.3. The Morgan fingerprint density at radius 2 is 0.853 bits per heavy atom. The average molecular weight is 497 g/mol. The lowest BCUT2D eigenvalue weighted by molar-refractivity contribution is -0.139. The fourth-order valence-electron chi connectivity index (χ4n) is 4.09. The summed E-state index contributed by atoms with van der Waals surface area (Å²) in [5.41, 5.74) is 0. The van der Waals surface area contributed by atoms with E-state index >= 15 is 0 Å². The second kappa shape index (κ2) is 16.3. The van der Waals surface area contributed by atoms with E-state index < -0.39 is 62.7 Å². The summed E-state index contributed by atoms with van der Waals surface area (Å²) in [5.74, 6) is -2.11. The first-order valence-corrected chi connectivity index (χ1v) is 11.3. The molecule has 34 heavy (non-hydrogen) atoms. The summed E-state index contributed by atoms with van der Waals surface area (Å²) < 4.78 is 0. The molecule has 0 aromatic rings. The Labute approximate surface area is 198 Å². The lowest BCUT2D eigenvalue weighted by Gasteiger charge is -2.39. The van der Waals surface area contributed by atoms with Gasteiger partial charge in [-0.1, -0.05) is 0 Å². The molecule has 0 aliphatic carbocycles. The smallest absolute Gasteiger partial charge is 0.317 e. The van der Waals surface area contributed by atoms with Crippen molar-refractivity contribution < 1.29 is 50.4 Å². The Bertz CT molecular complexity index is 536. The van der Waals surface area contributed by atoms with Crippen molar-refractivity contribution in [1.29, 1.82) is 0 Å². The minimum atomic E-state index is -1.24. The van der Waals surface area contributed by atoms with Crippen molar-refractivity contribution in [2.24, 2.45) is 0 Å². The van der Waals surface area contributed by atoms with Crippen LogP contribution < -0.4 is 0 Å². The topological polar surface area (TPSA) is 209 Å². The molecular formula is C20H40N4O10. The zero-order valence-electron chi connectivity index (χ0n) is 19.4. The maximum Gasteiger partial charge on any atom is 0.317 e. The maximum atomic E-state index is 11.4. The Balaban J connectivity index is 3.18. The van der Waals surface area contributed by atoms with Crippen LogP contribution in [-0.2, 0) is 9.59 Å². The molecule has 0 amide bonds. The van der Waals surface area contributed by atoms with Gasteiger partial charge < -0.3 is 40.9 Å². The van der Waals surface area contributed by atoms with Crippen molar-refractivity contribution in [2.75, 3.05) is 91.9 Å². The van der Waals surface area contributed by atoms with Gasteiger partial charge >= 0.3 is 11.9 Å². The van der Waals surface area contributed by atoms with Gasteiger partial charge in [-0.05, 0) is 0 Å². The van der Waals surface area contributed by atoms with Gasteiger partial charge in [-0.2, -0.15) is 0 Å². The molecule has 1 fully saturated rings. The van der Waals surface area contributed by atoms with Crippen molar-refractivity contribution in [1.82, 2.24) is 19.6 Å². The van der Waals surface area contributed by atoms with Gasteiger partial charge in [0.1, 0.15) is 0 Å². The second-order valence-electron chi connectivity index (χ2n) is 8.41. The van der Waals surface area contributed by atoms with Crippen LogP contribution >= 0.6 is 0 Å². The number of carboxylic acid groups (broad SMARTS) is 2. The molecule has 1 aliphatic heterocycles. The molecule has 1 saturated heterocycles. The van der Waals surface area contributed by atoms with Gasteiger partial charge in [-0.3, -0.25) is 29.2 Å². The molecule has 14 heteroatoms. The number of rotatable bonds is 12. The third-order valence-corrected chi connectivity index (χ3v) is 6.11. The standard InChI is InChI=1S/C20H40N4O10/c25-11-15(17(29)13-27)23-5-1-21(9-19(31)32)2-6-24(16(12-26)18(30)14-28)8-4-22(3-7-23)10-20(33)34/h15-18,25-30H,1-14H2,(H,31,32)(H,33,34)/t15-,16-,17-,18-/m1/s1. The zero-order valence-corrected chi connectivity index (χ0v) is 19.4. The molecule has 4 atom stereocenters. The van der Waals surface area contributed by atoms with E-state index in [2.05, 4.69) is 0 Å². The molecule has 8 N–H and O–H groups in total. The highest BCUT2D eigenvalue weighted by Gasteiger charge is 2.29. The summed E-state index contributed by atoms with van der Waals surface area (Å²) in [6.07, 6.45) is -2.47. The molecule has 14 nitrogen and oxygen atoms in total. The molecule has 0 saturated carbocycles. The average Bonchev–Trinajstić information content (AvgIpc) is 2.79. The van der Waals surface area contributed by atoms with E-state index in [-0.39, 0.29) is 65.4 Å². The van der Waals surface area contributed by atoms with Gasteiger partial charge in [0.15, 0.2) is 0 Å². The number of aliphatic hydroxyl groups excluding tert-OH is 6. The fourth-order valence-corrected chi connectivity index (χ4v) is 4.09. The second-order valence-corrected chi connectivity index (χ2v) is 8.41. The number of nitrogens with zero attached hydrogens (tertiary/aromatic N) is 4. The molecule has 0 aromatic carbocycles. The number of hydrogen-bond donors (Lipinski definition) is 8. The molecule has 0 aromatic heterocycles. The van der Waals surface area contributed by atoms with E-state index in [1.54, 1.807) is 19.6 Å². The Morgan fingerprint density at radius 1 is 0.559 bits per heavy atom. The number of aliphatic hydroxyl groups is 6. The summed E-state index contributed by atoms with van der Waals surface area (Å²) in [7, 11) is 0. The van der Waals surface area contributed by atoms with Gasteiger partial charge in [0, 0.05) is 52.4 Å². The highest BCUT2D eigenvalue weighted by atomic mass is 16.4. The summed E-state index contributed by atoms with van der Waals surface area (Å²) in [6, 6.07) is -1.64. The lowest BCUT2D eigenvalue weighted by atomic mass is 10.1. The third-order valence-electron chi connectivity index (χ3n) is 6.11. The van der Waals surface area contributed by atoms with Gasteiger partial charge in [0.05, 0.1) is 63.8 Å². The predicted octanol–water partition coefficient (Wildman–Crippen LogP) is -5.19. The molecule has 0 unspecified atom stereocenters. The highest BCUT2D eigenvalue weighted by molar-refractivity contribution is 5.69. The summed E-state index contributed by atoms with van der Waals surface area (Å²) in [5, 5.41) is 77.2. The number of carbonyl (C=O) groups is 2. The number of carboxylic acids is 2. The predicted molar refractivity (Wildman–Crippen MR) is 119 cm³/mol. The number of hydrogen-bond acceptors (Lipinski definition) is 12. The Morgan fingerprint density at radius 3 is 1.06 bits per heavy atom.